The van der Waals surface area contributed by atoms with Crippen LogP contribution in [-0.2, 0) is 20.8 Å². The van der Waals surface area contributed by atoms with Gasteiger partial charge in [0.2, 0.25) is 11.8 Å². The van der Waals surface area contributed by atoms with Gasteiger partial charge in [-0.15, -0.1) is 68.0 Å². The van der Waals surface area contributed by atoms with Gasteiger partial charge in [0.15, 0.2) is 5.78 Å². The number of fused-ring (bicyclic) bond motifs is 16. The molecule has 0 unspecified atom stereocenters. The van der Waals surface area contributed by atoms with Crippen molar-refractivity contribution in [1.29, 1.82) is 0 Å². The predicted molar refractivity (Wildman–Crippen MR) is 346 cm³/mol. The predicted octanol–water partition coefficient (Wildman–Crippen LogP) is 9.40. The molecule has 0 radical (unpaired) electrons. The Labute approximate surface area is 545 Å². The molecule has 22 nitrogen and oxygen atoms in total. The summed E-state index contributed by atoms with van der Waals surface area (Å²) in [5.41, 5.74) is 10.4. The third kappa shape index (κ3) is 13.7. The number of amides is 5. The Morgan fingerprint density at radius 2 is 1.34 bits per heavy atom. The molecule has 28 heteroatoms. The molecule has 2 aromatic carbocycles. The first-order valence-electron chi connectivity index (χ1n) is 29.3. The van der Waals surface area contributed by atoms with Gasteiger partial charge in [-0.3, -0.25) is 33.6 Å². The lowest BCUT2D eigenvalue weighted by molar-refractivity contribution is -0.143. The van der Waals surface area contributed by atoms with E-state index in [0.29, 0.717) is 91.0 Å². The Kier molecular flexibility index (Phi) is 18.6. The Balaban J connectivity index is 0.921. The number of aliphatic hydroxyl groups is 2. The van der Waals surface area contributed by atoms with Gasteiger partial charge < -0.3 is 41.9 Å². The van der Waals surface area contributed by atoms with Gasteiger partial charge in [-0.1, -0.05) is 67.1 Å². The first-order valence-corrected chi connectivity index (χ1v) is 34.5. The number of nitrogens with one attached hydrogen (secondary N) is 3. The SMILES string of the molecule is Cc1ccc(C[C@@H]2NC(=O)c3csc(n3)[C@H]([C@H](O)c3ccccc3)CC(=O)c3nc(sc3C)[C@H](CC(N)=O)NC(=O)c3csc(n3)-c3ccc(-c4nc(C(=O)NCC5CCC(C(=O)O)CC5)cs4)nc3-c3csc(n3)-c3csc(n3)[C@@H]3[C@@H](C)[C@@H](O)CN3C2=O)cc1. The van der Waals surface area contributed by atoms with E-state index in [-0.39, 0.29) is 76.3 Å². The molecule has 10 bridgehead atoms. The largest absolute Gasteiger partial charge is 0.481 e. The normalized spacial score (nSPS) is 21.7. The van der Waals surface area contributed by atoms with E-state index in [4.69, 9.17) is 35.6 Å². The summed E-state index contributed by atoms with van der Waals surface area (Å²) >= 11 is 7.14. The fraction of sp³-hybridized carbons (Fsp3) is 0.333. The number of primary amides is 1. The van der Waals surface area contributed by atoms with Crippen LogP contribution in [0.3, 0.4) is 0 Å². The Morgan fingerprint density at radius 3 is 2.09 bits per heavy atom. The first-order chi connectivity index (χ1) is 43.8. The fourth-order valence-electron chi connectivity index (χ4n) is 11.6. The van der Waals surface area contributed by atoms with Crippen LogP contribution in [0.4, 0.5) is 0 Å². The van der Waals surface area contributed by atoms with Gasteiger partial charge >= 0.3 is 5.97 Å². The molecule has 468 valence electrons. The van der Waals surface area contributed by atoms with Crippen molar-refractivity contribution in [2.24, 2.45) is 23.5 Å². The lowest BCUT2D eigenvalue weighted by Crippen LogP contribution is -2.50. The summed E-state index contributed by atoms with van der Waals surface area (Å²) in [6, 6.07) is 16.9. The molecule has 1 saturated heterocycles. The van der Waals surface area contributed by atoms with E-state index < -0.39 is 77.6 Å². The number of carboxylic acids is 1. The number of nitrogens with zero attached hydrogens (tertiary/aromatic N) is 8. The third-order valence-electron chi connectivity index (χ3n) is 16.7. The third-order valence-corrected chi connectivity index (χ3v) is 22.2. The molecule has 9 aromatic rings. The van der Waals surface area contributed by atoms with Gasteiger partial charge in [0.1, 0.15) is 70.9 Å². The molecule has 0 spiro atoms. The number of nitrogens with two attached hydrogens (primary N) is 1. The van der Waals surface area contributed by atoms with Gasteiger partial charge in [0.05, 0.1) is 47.3 Å². The highest BCUT2D eigenvalue weighted by Crippen LogP contribution is 2.44. The second-order valence-electron chi connectivity index (χ2n) is 22.9. The smallest absolute Gasteiger partial charge is 0.306 e. The number of aromatic nitrogens is 7. The Bertz CT molecular complexity index is 4230. The minimum atomic E-state index is -1.28. The Morgan fingerprint density at radius 1 is 0.692 bits per heavy atom. The second-order valence-corrected chi connectivity index (χ2v) is 28.5. The maximum atomic E-state index is 15.3. The average molecular weight is 1340 g/mol. The lowest BCUT2D eigenvalue weighted by Gasteiger charge is -2.29. The van der Waals surface area contributed by atoms with Gasteiger partial charge in [-0.25, -0.2) is 34.9 Å². The van der Waals surface area contributed by atoms with Crippen LogP contribution < -0.4 is 21.7 Å². The van der Waals surface area contributed by atoms with Crippen molar-refractivity contribution >= 4 is 109 Å². The van der Waals surface area contributed by atoms with Crippen LogP contribution >= 0.6 is 68.0 Å². The monoisotopic (exact) mass is 1340 g/mol. The number of carboxylic acid groups (broad SMARTS) is 1. The number of hydrogen-bond acceptors (Lipinski definition) is 22. The van der Waals surface area contributed by atoms with Crippen LogP contribution in [0.5, 0.6) is 0 Å². The minimum Gasteiger partial charge on any atom is -0.481 e. The number of aryl methyl sites for hydroxylation is 2. The van der Waals surface area contributed by atoms with Crippen molar-refractivity contribution < 1.29 is 48.9 Å². The number of aliphatic carboxylic acids is 1. The zero-order valence-electron chi connectivity index (χ0n) is 49.1. The van der Waals surface area contributed by atoms with E-state index >= 15 is 4.79 Å². The van der Waals surface area contributed by atoms with Crippen molar-refractivity contribution in [1.82, 2.24) is 55.7 Å². The Hall–Kier alpha value is -8.22. The van der Waals surface area contributed by atoms with E-state index in [1.807, 2.05) is 48.9 Å². The van der Waals surface area contributed by atoms with E-state index in [2.05, 4.69) is 20.9 Å². The molecular formula is C63H60N12O10S6. The summed E-state index contributed by atoms with van der Waals surface area (Å²) in [6.07, 6.45) is -0.342. The highest BCUT2D eigenvalue weighted by atomic mass is 32.1. The number of benzene rings is 2. The average Bonchev–Trinajstić information content (AvgIpc) is 1.81. The van der Waals surface area contributed by atoms with Crippen LogP contribution in [0.2, 0.25) is 0 Å². The number of thiazole rings is 6. The summed E-state index contributed by atoms with van der Waals surface area (Å²) in [7, 11) is 0. The van der Waals surface area contributed by atoms with Crippen LogP contribution in [0.15, 0.2) is 93.6 Å². The number of Topliss-reactive ketones (excluding diaryl/α,β-unsaturated/α-hetero) is 1. The summed E-state index contributed by atoms with van der Waals surface area (Å²) in [4.78, 5) is 133. The molecule has 2 aliphatic heterocycles. The molecule has 1 aliphatic carbocycles. The number of hydrogen-bond donors (Lipinski definition) is 7. The second kappa shape index (κ2) is 26.9. The van der Waals surface area contributed by atoms with Crippen molar-refractivity contribution in [3.8, 4) is 43.4 Å². The van der Waals surface area contributed by atoms with Crippen molar-refractivity contribution in [3.05, 3.63) is 153 Å². The maximum Gasteiger partial charge on any atom is 0.306 e. The number of pyridine rings is 1. The van der Waals surface area contributed by atoms with Gasteiger partial charge in [-0.2, -0.15) is 0 Å². The molecule has 7 atom stereocenters. The molecule has 91 heavy (non-hydrogen) atoms. The standard InChI is InChI=1S/C63H60N12O10S6/c1-29-9-11-32(12-10-29)19-40-62(83)75-23-47(77)30(2)51(75)61-73-45(28-90-61)59-69-41(24-88-59)50-36(17-18-38(66-50)58-72-42(25-89-58)53(80)65-22-33-13-15-35(16-14-33)63(84)85)56-70-43(26-86-56)54(81)67-39(21-48(64)78)60-74-49(31(3)91-60)46(76)20-37(52(79)34-7-5-4-6-8-34)57-71-44(27-87-57)55(82)68-40/h4-12,17-18,24-28,30,33,35,37,39-40,47,51-52,77,79H,13-16,19-23H2,1-3H3,(H2,64,78)(H,65,80)(H,67,81)(H,68,82)(H,84,85)/t30-,33?,35?,37-,39-,40-,47-,51-,52+/m0/s1. The van der Waals surface area contributed by atoms with E-state index in [1.54, 1.807) is 65.0 Å². The fourth-order valence-corrected chi connectivity index (χ4v) is 17.0. The quantitative estimate of drug-likeness (QED) is 0.0634. The van der Waals surface area contributed by atoms with Crippen molar-refractivity contribution in [2.75, 3.05) is 13.1 Å². The number of carbonyl (C=O) groups is 7. The molecule has 5 amide bonds. The maximum absolute atomic E-state index is 15.3. The number of aliphatic hydroxyl groups excluding tert-OH is 2. The van der Waals surface area contributed by atoms with Crippen molar-refractivity contribution in [3.63, 3.8) is 0 Å². The molecule has 3 aliphatic rings. The van der Waals surface area contributed by atoms with E-state index in [0.717, 1.165) is 45.1 Å². The van der Waals surface area contributed by atoms with Crippen LogP contribution in [0.1, 0.15) is 148 Å². The molecule has 12 rings (SSSR count). The zero-order valence-corrected chi connectivity index (χ0v) is 54.0. The summed E-state index contributed by atoms with van der Waals surface area (Å²) in [5, 5.41) is 52.6. The molecular weight excluding hydrogens is 1280 g/mol. The molecule has 2 fully saturated rings. The van der Waals surface area contributed by atoms with Crippen LogP contribution in [0.25, 0.3) is 43.4 Å². The molecule has 7 aromatic heterocycles. The molecule has 8 N–H and O–H groups in total. The van der Waals surface area contributed by atoms with Crippen LogP contribution in [-0.4, -0.2) is 122 Å². The summed E-state index contributed by atoms with van der Waals surface area (Å²) in [5.74, 6) is -5.91. The number of ketones is 1. The number of rotatable bonds is 11. The van der Waals surface area contributed by atoms with Gasteiger partial charge in [-0.05, 0) is 68.7 Å². The summed E-state index contributed by atoms with van der Waals surface area (Å²) in [6.45, 7) is 5.82. The van der Waals surface area contributed by atoms with Crippen molar-refractivity contribution in [2.45, 2.75) is 102 Å². The summed E-state index contributed by atoms with van der Waals surface area (Å²) < 4.78 is 0. The zero-order chi connectivity index (χ0) is 63.8. The van der Waals surface area contributed by atoms with Gasteiger partial charge in [0, 0.05) is 75.1 Å². The highest BCUT2D eigenvalue weighted by Gasteiger charge is 2.46. The van der Waals surface area contributed by atoms with E-state index in [1.165, 1.54) is 39.4 Å². The highest BCUT2D eigenvalue weighted by molar-refractivity contribution is 7.15. The minimum absolute atomic E-state index is 0.00740. The number of carbonyl (C=O) groups excluding carboxylic acids is 6. The van der Waals surface area contributed by atoms with Gasteiger partial charge in [0.25, 0.3) is 17.7 Å². The molecule has 9 heterocycles. The van der Waals surface area contributed by atoms with Crippen LogP contribution in [0, 0.1) is 31.6 Å². The first kappa shape index (κ1) is 63.0. The molecule has 1 saturated carbocycles. The topological polar surface area (TPSA) is 336 Å². The van der Waals surface area contributed by atoms with E-state index in [9.17, 15) is 44.1 Å². The lowest BCUT2D eigenvalue weighted by atomic mass is 9.82.